The molecule has 3 heteroatoms. The molecular formula is C9H17IO2. The first kappa shape index (κ1) is 10.7. The highest BCUT2D eigenvalue weighted by Crippen LogP contribution is 2.16. The van der Waals surface area contributed by atoms with E-state index < -0.39 is 0 Å². The lowest BCUT2D eigenvalue weighted by Crippen LogP contribution is -2.26. The zero-order valence-electron chi connectivity index (χ0n) is 7.59. The van der Waals surface area contributed by atoms with Gasteiger partial charge in [0.2, 0.25) is 0 Å². The third kappa shape index (κ3) is 4.05. The van der Waals surface area contributed by atoms with Crippen molar-refractivity contribution >= 4 is 22.6 Å². The van der Waals surface area contributed by atoms with Crippen LogP contribution in [-0.4, -0.2) is 23.4 Å². The largest absolute Gasteiger partial charge is 0.353 e. The van der Waals surface area contributed by atoms with Gasteiger partial charge in [0.05, 0.1) is 6.10 Å². The highest BCUT2D eigenvalue weighted by atomic mass is 127. The lowest BCUT2D eigenvalue weighted by atomic mass is 10.2. The van der Waals surface area contributed by atoms with Gasteiger partial charge < -0.3 is 9.47 Å². The summed E-state index contributed by atoms with van der Waals surface area (Å²) in [4.78, 5) is 0. The standard InChI is InChI=1S/C9H17IO2/c1-8(5-6-10)12-9-4-2-3-7-11-9/h8-9H,2-7H2,1H3/t8-,9?/m0/s1. The average molecular weight is 284 g/mol. The Kier molecular flexibility index (Phi) is 5.50. The van der Waals surface area contributed by atoms with Crippen molar-refractivity contribution in [2.45, 2.75) is 45.0 Å². The van der Waals surface area contributed by atoms with Crippen LogP contribution in [0.2, 0.25) is 0 Å². The molecule has 0 radical (unpaired) electrons. The molecule has 1 heterocycles. The summed E-state index contributed by atoms with van der Waals surface area (Å²) in [6.45, 7) is 3.00. The molecule has 0 N–H and O–H groups in total. The molecular weight excluding hydrogens is 267 g/mol. The Morgan fingerprint density at radius 1 is 1.58 bits per heavy atom. The van der Waals surface area contributed by atoms with Gasteiger partial charge in [-0.05, 0) is 32.6 Å². The molecule has 0 amide bonds. The molecule has 0 saturated carbocycles. The lowest BCUT2D eigenvalue weighted by molar-refractivity contribution is -0.184. The topological polar surface area (TPSA) is 18.5 Å². The quantitative estimate of drug-likeness (QED) is 0.584. The number of alkyl halides is 1. The zero-order valence-corrected chi connectivity index (χ0v) is 9.75. The number of ether oxygens (including phenoxy) is 2. The first-order valence-corrected chi connectivity index (χ1v) is 6.18. The summed E-state index contributed by atoms with van der Waals surface area (Å²) < 4.78 is 12.3. The van der Waals surface area contributed by atoms with Crippen molar-refractivity contribution < 1.29 is 9.47 Å². The summed E-state index contributed by atoms with van der Waals surface area (Å²) in [5.41, 5.74) is 0. The maximum absolute atomic E-state index is 5.70. The summed E-state index contributed by atoms with van der Waals surface area (Å²) in [7, 11) is 0. The molecule has 0 aromatic carbocycles. The number of hydrogen-bond donors (Lipinski definition) is 0. The molecule has 1 rings (SSSR count). The van der Waals surface area contributed by atoms with Crippen LogP contribution in [0.4, 0.5) is 0 Å². The Labute approximate surface area is 88.1 Å². The second-order valence-corrected chi connectivity index (χ2v) is 4.30. The monoisotopic (exact) mass is 284 g/mol. The fourth-order valence-corrected chi connectivity index (χ4v) is 2.18. The molecule has 1 aliphatic heterocycles. The number of rotatable bonds is 4. The minimum atomic E-state index is 0.0803. The van der Waals surface area contributed by atoms with Crippen LogP contribution in [0.3, 0.4) is 0 Å². The molecule has 72 valence electrons. The van der Waals surface area contributed by atoms with Crippen molar-refractivity contribution in [1.82, 2.24) is 0 Å². The van der Waals surface area contributed by atoms with E-state index in [9.17, 15) is 0 Å². The van der Waals surface area contributed by atoms with Crippen molar-refractivity contribution in [2.75, 3.05) is 11.0 Å². The Balaban J connectivity index is 2.11. The first-order valence-electron chi connectivity index (χ1n) is 4.66. The van der Waals surface area contributed by atoms with Crippen LogP contribution in [0.1, 0.15) is 32.6 Å². The normalized spacial score (nSPS) is 27.0. The van der Waals surface area contributed by atoms with Crippen LogP contribution in [0.25, 0.3) is 0 Å². The Bertz CT molecular complexity index is 113. The van der Waals surface area contributed by atoms with E-state index in [0.29, 0.717) is 6.10 Å². The zero-order chi connectivity index (χ0) is 8.81. The SMILES string of the molecule is C[C@@H](CCI)OC1CCCCO1. The van der Waals surface area contributed by atoms with Gasteiger partial charge in [-0.3, -0.25) is 0 Å². The average Bonchev–Trinajstić information content (AvgIpc) is 2.06. The molecule has 0 aromatic rings. The maximum atomic E-state index is 5.70. The molecule has 1 fully saturated rings. The van der Waals surface area contributed by atoms with Crippen LogP contribution >= 0.6 is 22.6 Å². The van der Waals surface area contributed by atoms with Gasteiger partial charge in [0.1, 0.15) is 0 Å². The molecule has 0 aliphatic carbocycles. The van der Waals surface area contributed by atoms with E-state index in [1.54, 1.807) is 0 Å². The second-order valence-electron chi connectivity index (χ2n) is 3.22. The fourth-order valence-electron chi connectivity index (χ4n) is 1.30. The van der Waals surface area contributed by atoms with Gasteiger partial charge in [0.15, 0.2) is 6.29 Å². The van der Waals surface area contributed by atoms with Gasteiger partial charge in [-0.25, -0.2) is 0 Å². The first-order chi connectivity index (χ1) is 5.83. The Morgan fingerprint density at radius 2 is 2.42 bits per heavy atom. The van der Waals surface area contributed by atoms with Crippen LogP contribution < -0.4 is 0 Å². The maximum Gasteiger partial charge on any atom is 0.157 e. The molecule has 1 aliphatic rings. The van der Waals surface area contributed by atoms with Crippen LogP contribution in [0.5, 0.6) is 0 Å². The number of halogens is 1. The summed E-state index contributed by atoms with van der Waals surface area (Å²) in [6.07, 6.45) is 5.08. The molecule has 2 nitrogen and oxygen atoms in total. The van der Waals surface area contributed by atoms with Crippen molar-refractivity contribution in [1.29, 1.82) is 0 Å². The van der Waals surface area contributed by atoms with Crippen molar-refractivity contribution in [3.63, 3.8) is 0 Å². The van der Waals surface area contributed by atoms with Crippen molar-refractivity contribution in [3.05, 3.63) is 0 Å². The van der Waals surface area contributed by atoms with Gasteiger partial charge in [-0.15, -0.1) is 0 Å². The Hall–Kier alpha value is 0.650. The van der Waals surface area contributed by atoms with Crippen LogP contribution in [0, 0.1) is 0 Å². The van der Waals surface area contributed by atoms with E-state index in [4.69, 9.17) is 9.47 Å². The molecule has 2 atom stereocenters. The van der Waals surface area contributed by atoms with Gasteiger partial charge in [-0.1, -0.05) is 22.6 Å². The predicted octanol–water partition coefficient (Wildman–Crippen LogP) is 2.74. The minimum absolute atomic E-state index is 0.0803. The van der Waals surface area contributed by atoms with E-state index in [0.717, 1.165) is 23.9 Å². The third-order valence-electron chi connectivity index (χ3n) is 2.04. The van der Waals surface area contributed by atoms with E-state index in [2.05, 4.69) is 29.5 Å². The molecule has 0 aromatic heterocycles. The van der Waals surface area contributed by atoms with E-state index >= 15 is 0 Å². The predicted molar refractivity (Wildman–Crippen MR) is 57.6 cm³/mol. The molecule has 12 heavy (non-hydrogen) atoms. The summed E-state index contributed by atoms with van der Waals surface area (Å²) in [6, 6.07) is 0. The van der Waals surface area contributed by atoms with Gasteiger partial charge in [-0.2, -0.15) is 0 Å². The molecule has 1 saturated heterocycles. The highest BCUT2D eigenvalue weighted by molar-refractivity contribution is 14.1. The number of hydrogen-bond acceptors (Lipinski definition) is 2. The van der Waals surface area contributed by atoms with Gasteiger partial charge >= 0.3 is 0 Å². The van der Waals surface area contributed by atoms with Crippen molar-refractivity contribution in [3.8, 4) is 0 Å². The second kappa shape index (κ2) is 6.16. The third-order valence-corrected chi connectivity index (χ3v) is 2.66. The van der Waals surface area contributed by atoms with E-state index in [1.807, 2.05) is 0 Å². The smallest absolute Gasteiger partial charge is 0.157 e. The van der Waals surface area contributed by atoms with E-state index in [1.165, 1.54) is 12.8 Å². The molecule has 0 spiro atoms. The van der Waals surface area contributed by atoms with Crippen LogP contribution in [0.15, 0.2) is 0 Å². The lowest BCUT2D eigenvalue weighted by Gasteiger charge is -2.25. The minimum Gasteiger partial charge on any atom is -0.353 e. The van der Waals surface area contributed by atoms with Crippen molar-refractivity contribution in [2.24, 2.45) is 0 Å². The molecule has 0 bridgehead atoms. The van der Waals surface area contributed by atoms with Gasteiger partial charge in [0.25, 0.3) is 0 Å². The summed E-state index contributed by atoms with van der Waals surface area (Å²) in [5.74, 6) is 0. The van der Waals surface area contributed by atoms with Crippen LogP contribution in [-0.2, 0) is 9.47 Å². The summed E-state index contributed by atoms with van der Waals surface area (Å²) >= 11 is 2.38. The highest BCUT2D eigenvalue weighted by Gasteiger charge is 2.16. The van der Waals surface area contributed by atoms with Gasteiger partial charge in [0, 0.05) is 11.0 Å². The molecule has 1 unspecified atom stereocenters. The van der Waals surface area contributed by atoms with E-state index in [-0.39, 0.29) is 6.29 Å². The fraction of sp³-hybridized carbons (Fsp3) is 1.00. The Morgan fingerprint density at radius 3 is 3.00 bits per heavy atom. The summed E-state index contributed by atoms with van der Waals surface area (Å²) in [5, 5.41) is 0.